The first-order valence-electron chi connectivity index (χ1n) is 7.04. The van der Waals surface area contributed by atoms with Crippen LogP contribution in [0.5, 0.6) is 5.75 Å². The summed E-state index contributed by atoms with van der Waals surface area (Å²) >= 11 is 0. The van der Waals surface area contributed by atoms with E-state index in [0.29, 0.717) is 18.9 Å². The van der Waals surface area contributed by atoms with Crippen LogP contribution in [0.15, 0.2) is 24.3 Å². The molecule has 5 nitrogen and oxygen atoms in total. The summed E-state index contributed by atoms with van der Waals surface area (Å²) in [4.78, 5) is 14.2. The number of nitrogens with zero attached hydrogens (tertiary/aromatic N) is 1. The molecule has 0 aliphatic carbocycles. The Morgan fingerprint density at radius 3 is 2.80 bits per heavy atom. The van der Waals surface area contributed by atoms with Crippen molar-refractivity contribution >= 4 is 5.91 Å². The third kappa shape index (κ3) is 4.21. The van der Waals surface area contributed by atoms with Crippen molar-refractivity contribution in [1.29, 1.82) is 0 Å². The van der Waals surface area contributed by atoms with Crippen molar-refractivity contribution in [3.63, 3.8) is 0 Å². The molecular weight excluding hydrogens is 254 g/mol. The number of phenolic OH excluding ortho intramolecular Hbond substituents is 1. The first kappa shape index (κ1) is 14.8. The number of phenols is 1. The number of nitrogens with two attached hydrogens (primary N) is 1. The average Bonchev–Trinajstić information content (AvgIpc) is 2.84. The molecule has 0 radical (unpaired) electrons. The van der Waals surface area contributed by atoms with Crippen LogP contribution in [-0.2, 0) is 11.2 Å². The maximum Gasteiger partial charge on any atom is 0.237 e. The van der Waals surface area contributed by atoms with E-state index in [0.717, 1.165) is 25.1 Å². The molecule has 20 heavy (non-hydrogen) atoms. The highest BCUT2D eigenvalue weighted by molar-refractivity contribution is 5.81. The van der Waals surface area contributed by atoms with E-state index < -0.39 is 6.04 Å². The maximum absolute atomic E-state index is 12.0. The number of carbonyl (C=O) groups excluding carboxylic acids is 1. The van der Waals surface area contributed by atoms with Crippen LogP contribution in [0.4, 0.5) is 0 Å². The number of hydrogen-bond acceptors (Lipinski definition) is 4. The summed E-state index contributed by atoms with van der Waals surface area (Å²) in [7, 11) is 2.10. The predicted octanol–water partition coefficient (Wildman–Crippen LogP) is 0.330. The Bertz CT molecular complexity index is 447. The third-order valence-electron chi connectivity index (χ3n) is 3.78. The minimum Gasteiger partial charge on any atom is -0.508 e. The molecule has 1 aliphatic heterocycles. The van der Waals surface area contributed by atoms with Crippen molar-refractivity contribution < 1.29 is 9.90 Å². The molecule has 0 spiro atoms. The van der Waals surface area contributed by atoms with Gasteiger partial charge in [-0.05, 0) is 50.0 Å². The number of rotatable bonds is 5. The predicted molar refractivity (Wildman–Crippen MR) is 78.4 cm³/mol. The van der Waals surface area contributed by atoms with Gasteiger partial charge in [0.1, 0.15) is 5.75 Å². The van der Waals surface area contributed by atoms with Crippen LogP contribution in [0.2, 0.25) is 0 Å². The number of benzene rings is 1. The molecule has 4 N–H and O–H groups in total. The number of carbonyl (C=O) groups is 1. The van der Waals surface area contributed by atoms with Crippen LogP contribution in [0, 0.1) is 5.92 Å². The minimum absolute atomic E-state index is 0.104. The molecule has 1 aliphatic rings. The monoisotopic (exact) mass is 277 g/mol. The molecule has 2 rings (SSSR count). The smallest absolute Gasteiger partial charge is 0.237 e. The maximum atomic E-state index is 12.0. The van der Waals surface area contributed by atoms with Gasteiger partial charge < -0.3 is 21.1 Å². The summed E-state index contributed by atoms with van der Waals surface area (Å²) in [6.45, 7) is 2.83. The Hall–Kier alpha value is -1.59. The topological polar surface area (TPSA) is 78.6 Å². The van der Waals surface area contributed by atoms with Gasteiger partial charge in [-0.1, -0.05) is 12.1 Å². The van der Waals surface area contributed by atoms with E-state index in [-0.39, 0.29) is 11.7 Å². The summed E-state index contributed by atoms with van der Waals surface area (Å²) in [5.74, 6) is 0.648. The molecule has 0 saturated carbocycles. The fourth-order valence-corrected chi connectivity index (χ4v) is 2.55. The Labute approximate surface area is 119 Å². The molecule has 1 amide bonds. The summed E-state index contributed by atoms with van der Waals surface area (Å²) in [6.07, 6.45) is 1.61. The number of nitrogens with one attached hydrogen (secondary N) is 1. The molecule has 1 aromatic rings. The van der Waals surface area contributed by atoms with Gasteiger partial charge in [-0.3, -0.25) is 4.79 Å². The van der Waals surface area contributed by atoms with Gasteiger partial charge >= 0.3 is 0 Å². The summed E-state index contributed by atoms with van der Waals surface area (Å²) < 4.78 is 0. The van der Waals surface area contributed by atoms with Crippen LogP contribution in [-0.4, -0.2) is 48.6 Å². The van der Waals surface area contributed by atoms with E-state index in [1.165, 1.54) is 0 Å². The second kappa shape index (κ2) is 6.72. The molecule has 0 bridgehead atoms. The highest BCUT2D eigenvalue weighted by atomic mass is 16.3. The van der Waals surface area contributed by atoms with Gasteiger partial charge in [0, 0.05) is 13.1 Å². The average molecular weight is 277 g/mol. The van der Waals surface area contributed by atoms with Gasteiger partial charge in [0.05, 0.1) is 6.04 Å². The first-order chi connectivity index (χ1) is 9.54. The van der Waals surface area contributed by atoms with Gasteiger partial charge in [0.2, 0.25) is 5.91 Å². The van der Waals surface area contributed by atoms with E-state index in [1.807, 2.05) is 0 Å². The standard InChI is InChI=1S/C15H23N3O2/c1-18-7-6-12(10-18)9-17-15(20)14(16)8-11-2-4-13(19)5-3-11/h2-5,12,14,19H,6-10,16H2,1H3,(H,17,20)/t12?,14-/m0/s1. The normalized spacial score (nSPS) is 20.8. The molecule has 1 heterocycles. The fraction of sp³-hybridized carbons (Fsp3) is 0.533. The largest absolute Gasteiger partial charge is 0.508 e. The molecule has 1 saturated heterocycles. The highest BCUT2D eigenvalue weighted by Gasteiger charge is 2.21. The van der Waals surface area contributed by atoms with Crippen LogP contribution >= 0.6 is 0 Å². The third-order valence-corrected chi connectivity index (χ3v) is 3.78. The van der Waals surface area contributed by atoms with Gasteiger partial charge in [0.25, 0.3) is 0 Å². The van der Waals surface area contributed by atoms with Crippen LogP contribution < -0.4 is 11.1 Å². The Balaban J connectivity index is 1.75. The first-order valence-corrected chi connectivity index (χ1v) is 7.04. The zero-order chi connectivity index (χ0) is 14.5. The Morgan fingerprint density at radius 2 is 2.20 bits per heavy atom. The molecule has 2 atom stereocenters. The lowest BCUT2D eigenvalue weighted by Gasteiger charge is -2.15. The summed E-state index contributed by atoms with van der Waals surface area (Å²) in [5.41, 5.74) is 6.86. The zero-order valence-electron chi connectivity index (χ0n) is 11.9. The number of likely N-dealkylation sites (tertiary alicyclic amines) is 1. The van der Waals surface area contributed by atoms with Crippen molar-refractivity contribution in [3.8, 4) is 5.75 Å². The molecule has 0 aromatic heterocycles. The van der Waals surface area contributed by atoms with Crippen molar-refractivity contribution in [2.24, 2.45) is 11.7 Å². The summed E-state index contributed by atoms with van der Waals surface area (Å²) in [6, 6.07) is 6.24. The van der Waals surface area contributed by atoms with Gasteiger partial charge in [0.15, 0.2) is 0 Å². The number of hydrogen-bond donors (Lipinski definition) is 3. The van der Waals surface area contributed by atoms with Crippen molar-refractivity contribution in [2.75, 3.05) is 26.7 Å². The molecule has 1 aromatic carbocycles. The Kier molecular flexibility index (Phi) is 4.98. The quantitative estimate of drug-likeness (QED) is 0.725. The second-order valence-corrected chi connectivity index (χ2v) is 5.64. The van der Waals surface area contributed by atoms with E-state index >= 15 is 0 Å². The van der Waals surface area contributed by atoms with E-state index in [2.05, 4.69) is 17.3 Å². The number of aromatic hydroxyl groups is 1. The highest BCUT2D eigenvalue weighted by Crippen LogP contribution is 2.13. The van der Waals surface area contributed by atoms with Gasteiger partial charge in [-0.25, -0.2) is 0 Å². The van der Waals surface area contributed by atoms with E-state index in [1.54, 1.807) is 24.3 Å². The molecular formula is C15H23N3O2. The van der Waals surface area contributed by atoms with Crippen LogP contribution in [0.1, 0.15) is 12.0 Å². The van der Waals surface area contributed by atoms with Crippen molar-refractivity contribution in [1.82, 2.24) is 10.2 Å². The second-order valence-electron chi connectivity index (χ2n) is 5.64. The van der Waals surface area contributed by atoms with Crippen LogP contribution in [0.25, 0.3) is 0 Å². The molecule has 1 fully saturated rings. The SMILES string of the molecule is CN1CCC(CNC(=O)[C@@H](N)Cc2ccc(O)cc2)C1. The molecule has 110 valence electrons. The van der Waals surface area contributed by atoms with E-state index in [4.69, 9.17) is 5.73 Å². The molecule has 5 heteroatoms. The zero-order valence-corrected chi connectivity index (χ0v) is 11.9. The van der Waals surface area contributed by atoms with Crippen molar-refractivity contribution in [2.45, 2.75) is 18.9 Å². The van der Waals surface area contributed by atoms with Crippen molar-refractivity contribution in [3.05, 3.63) is 29.8 Å². The minimum atomic E-state index is -0.543. The summed E-state index contributed by atoms with van der Waals surface area (Å²) in [5, 5.41) is 12.1. The lowest BCUT2D eigenvalue weighted by molar-refractivity contribution is -0.122. The molecule has 1 unspecified atom stereocenters. The lowest BCUT2D eigenvalue weighted by Crippen LogP contribution is -2.43. The number of amides is 1. The Morgan fingerprint density at radius 1 is 1.50 bits per heavy atom. The van der Waals surface area contributed by atoms with E-state index in [9.17, 15) is 9.90 Å². The van der Waals surface area contributed by atoms with Gasteiger partial charge in [-0.2, -0.15) is 0 Å². The van der Waals surface area contributed by atoms with Gasteiger partial charge in [-0.15, -0.1) is 0 Å². The fourth-order valence-electron chi connectivity index (χ4n) is 2.55. The lowest BCUT2D eigenvalue weighted by atomic mass is 10.1. The van der Waals surface area contributed by atoms with Crippen LogP contribution in [0.3, 0.4) is 0 Å².